The normalized spacial score (nSPS) is 20.3. The van der Waals surface area contributed by atoms with E-state index >= 15 is 0 Å². The topological polar surface area (TPSA) is 28.7 Å². The third kappa shape index (κ3) is 2.24. The van der Waals surface area contributed by atoms with Gasteiger partial charge in [-0.3, -0.25) is 5.10 Å². The number of H-pyrrole nitrogens is 1. The molecule has 1 aliphatic carbocycles. The standard InChI is InChI=1S/C13H22N2/c1-3-5-6-12-11-9-10(4-2)7-8-13(11)15-14-12/h10H,3-9H2,1-2H3,(H,14,15). The second-order valence-corrected chi connectivity index (χ2v) is 4.75. The molecule has 0 fully saturated rings. The van der Waals surface area contributed by atoms with E-state index in [0.717, 1.165) is 5.92 Å². The summed E-state index contributed by atoms with van der Waals surface area (Å²) in [6, 6.07) is 0. The van der Waals surface area contributed by atoms with Crippen molar-refractivity contribution >= 4 is 0 Å². The summed E-state index contributed by atoms with van der Waals surface area (Å²) in [4.78, 5) is 0. The van der Waals surface area contributed by atoms with Gasteiger partial charge in [-0.05, 0) is 43.6 Å². The van der Waals surface area contributed by atoms with E-state index in [1.807, 2.05) is 0 Å². The molecule has 0 spiro atoms. The maximum absolute atomic E-state index is 4.48. The molecular weight excluding hydrogens is 184 g/mol. The second kappa shape index (κ2) is 4.82. The number of rotatable bonds is 4. The van der Waals surface area contributed by atoms with Crippen LogP contribution >= 0.6 is 0 Å². The highest BCUT2D eigenvalue weighted by atomic mass is 15.1. The van der Waals surface area contributed by atoms with Crippen LogP contribution in [0.25, 0.3) is 0 Å². The Hall–Kier alpha value is -0.790. The molecule has 1 aliphatic rings. The Morgan fingerprint density at radius 3 is 3.00 bits per heavy atom. The number of fused-ring (bicyclic) bond motifs is 1. The Morgan fingerprint density at radius 2 is 2.27 bits per heavy atom. The molecule has 0 saturated carbocycles. The number of unbranched alkanes of at least 4 members (excludes halogenated alkanes) is 1. The van der Waals surface area contributed by atoms with Crippen LogP contribution in [0.2, 0.25) is 0 Å². The van der Waals surface area contributed by atoms with Gasteiger partial charge in [0.1, 0.15) is 0 Å². The molecule has 0 radical (unpaired) electrons. The van der Waals surface area contributed by atoms with E-state index in [0.29, 0.717) is 0 Å². The Bertz CT molecular complexity index is 314. The highest BCUT2D eigenvalue weighted by Gasteiger charge is 2.21. The minimum absolute atomic E-state index is 0.899. The molecule has 2 heteroatoms. The van der Waals surface area contributed by atoms with Crippen LogP contribution in [-0.2, 0) is 19.3 Å². The van der Waals surface area contributed by atoms with Crippen LogP contribution in [0.15, 0.2) is 0 Å². The van der Waals surface area contributed by atoms with Crippen molar-refractivity contribution in [1.82, 2.24) is 10.2 Å². The van der Waals surface area contributed by atoms with Crippen LogP contribution in [0.5, 0.6) is 0 Å². The highest BCUT2D eigenvalue weighted by Crippen LogP contribution is 2.28. The van der Waals surface area contributed by atoms with Crippen LogP contribution in [0.4, 0.5) is 0 Å². The molecule has 1 aromatic heterocycles. The van der Waals surface area contributed by atoms with Crippen molar-refractivity contribution in [2.75, 3.05) is 0 Å². The minimum atomic E-state index is 0.899. The molecule has 84 valence electrons. The first-order valence-corrected chi connectivity index (χ1v) is 6.40. The fraction of sp³-hybridized carbons (Fsp3) is 0.769. The lowest BCUT2D eigenvalue weighted by atomic mass is 9.84. The van der Waals surface area contributed by atoms with E-state index in [-0.39, 0.29) is 0 Å². The van der Waals surface area contributed by atoms with E-state index in [9.17, 15) is 0 Å². The van der Waals surface area contributed by atoms with Crippen molar-refractivity contribution in [2.24, 2.45) is 5.92 Å². The zero-order chi connectivity index (χ0) is 10.7. The third-order valence-corrected chi connectivity index (χ3v) is 3.68. The van der Waals surface area contributed by atoms with Gasteiger partial charge < -0.3 is 0 Å². The van der Waals surface area contributed by atoms with Gasteiger partial charge in [0.15, 0.2) is 0 Å². The minimum Gasteiger partial charge on any atom is -0.282 e. The molecule has 1 N–H and O–H groups in total. The first kappa shape index (κ1) is 10.7. The largest absolute Gasteiger partial charge is 0.282 e. The predicted octanol–water partition coefficient (Wildman–Crippen LogP) is 3.27. The number of hydrogen-bond acceptors (Lipinski definition) is 1. The zero-order valence-corrected chi connectivity index (χ0v) is 9.97. The van der Waals surface area contributed by atoms with E-state index in [1.54, 1.807) is 5.56 Å². The molecule has 1 aromatic rings. The lowest BCUT2D eigenvalue weighted by Gasteiger charge is -2.20. The van der Waals surface area contributed by atoms with Gasteiger partial charge in [-0.25, -0.2) is 0 Å². The number of aromatic amines is 1. The monoisotopic (exact) mass is 206 g/mol. The maximum atomic E-state index is 4.48. The summed E-state index contributed by atoms with van der Waals surface area (Å²) in [5.74, 6) is 0.899. The number of hydrogen-bond donors (Lipinski definition) is 1. The molecule has 1 heterocycles. The molecule has 0 aliphatic heterocycles. The number of aromatic nitrogens is 2. The second-order valence-electron chi connectivity index (χ2n) is 4.75. The molecule has 1 unspecified atom stereocenters. The first-order chi connectivity index (χ1) is 7.35. The van der Waals surface area contributed by atoms with Crippen molar-refractivity contribution in [1.29, 1.82) is 0 Å². The van der Waals surface area contributed by atoms with Crippen molar-refractivity contribution in [3.63, 3.8) is 0 Å². The Morgan fingerprint density at radius 1 is 1.40 bits per heavy atom. The maximum Gasteiger partial charge on any atom is 0.0657 e. The third-order valence-electron chi connectivity index (χ3n) is 3.68. The van der Waals surface area contributed by atoms with Crippen LogP contribution < -0.4 is 0 Å². The molecule has 2 nitrogen and oxygen atoms in total. The van der Waals surface area contributed by atoms with Gasteiger partial charge in [0.05, 0.1) is 5.69 Å². The van der Waals surface area contributed by atoms with E-state index in [1.165, 1.54) is 56.3 Å². The Labute approximate surface area is 92.5 Å². The summed E-state index contributed by atoms with van der Waals surface area (Å²) in [6.45, 7) is 4.55. The molecule has 0 amide bonds. The van der Waals surface area contributed by atoms with Gasteiger partial charge in [-0.15, -0.1) is 0 Å². The van der Waals surface area contributed by atoms with Gasteiger partial charge in [-0.1, -0.05) is 26.7 Å². The number of nitrogens with one attached hydrogen (secondary N) is 1. The van der Waals surface area contributed by atoms with E-state index < -0.39 is 0 Å². The summed E-state index contributed by atoms with van der Waals surface area (Å²) in [7, 11) is 0. The number of nitrogens with zero attached hydrogens (tertiary/aromatic N) is 1. The van der Waals surface area contributed by atoms with Crippen molar-refractivity contribution in [3.05, 3.63) is 17.0 Å². The average Bonchev–Trinajstić information content (AvgIpc) is 2.68. The lowest BCUT2D eigenvalue weighted by Crippen LogP contribution is -2.13. The van der Waals surface area contributed by atoms with E-state index in [4.69, 9.17) is 0 Å². The Balaban J connectivity index is 2.10. The smallest absolute Gasteiger partial charge is 0.0657 e. The summed E-state index contributed by atoms with van der Waals surface area (Å²) in [5, 5.41) is 7.71. The van der Waals surface area contributed by atoms with Gasteiger partial charge >= 0.3 is 0 Å². The van der Waals surface area contributed by atoms with E-state index in [2.05, 4.69) is 24.0 Å². The van der Waals surface area contributed by atoms with Gasteiger partial charge in [0.2, 0.25) is 0 Å². The molecule has 0 saturated heterocycles. The Kier molecular flexibility index (Phi) is 3.45. The summed E-state index contributed by atoms with van der Waals surface area (Å²) in [6.07, 6.45) is 8.84. The van der Waals surface area contributed by atoms with Crippen molar-refractivity contribution < 1.29 is 0 Å². The predicted molar refractivity (Wildman–Crippen MR) is 63.0 cm³/mol. The molecule has 0 aromatic carbocycles. The molecule has 2 rings (SSSR count). The van der Waals surface area contributed by atoms with Crippen molar-refractivity contribution in [3.8, 4) is 0 Å². The van der Waals surface area contributed by atoms with Crippen LogP contribution in [0.3, 0.4) is 0 Å². The van der Waals surface area contributed by atoms with Crippen molar-refractivity contribution in [2.45, 2.75) is 58.8 Å². The molecule has 0 bridgehead atoms. The fourth-order valence-electron chi connectivity index (χ4n) is 2.53. The molecular formula is C13H22N2. The van der Waals surface area contributed by atoms with Crippen LogP contribution in [-0.4, -0.2) is 10.2 Å². The van der Waals surface area contributed by atoms with Crippen LogP contribution in [0.1, 0.15) is 56.5 Å². The number of aryl methyl sites for hydroxylation is 2. The summed E-state index contributed by atoms with van der Waals surface area (Å²) >= 11 is 0. The quantitative estimate of drug-likeness (QED) is 0.804. The highest BCUT2D eigenvalue weighted by molar-refractivity contribution is 5.28. The zero-order valence-electron chi connectivity index (χ0n) is 9.97. The fourth-order valence-corrected chi connectivity index (χ4v) is 2.53. The SMILES string of the molecule is CCCCc1n[nH]c2c1CC(CC)CC2. The first-order valence-electron chi connectivity index (χ1n) is 6.40. The summed E-state index contributed by atoms with van der Waals surface area (Å²) < 4.78 is 0. The van der Waals surface area contributed by atoms with Gasteiger partial charge in [0.25, 0.3) is 0 Å². The van der Waals surface area contributed by atoms with Gasteiger partial charge in [0, 0.05) is 5.69 Å². The molecule has 1 atom stereocenters. The van der Waals surface area contributed by atoms with Crippen LogP contribution in [0, 0.1) is 5.92 Å². The molecule has 15 heavy (non-hydrogen) atoms. The average molecular weight is 206 g/mol. The lowest BCUT2D eigenvalue weighted by molar-refractivity contribution is 0.441. The summed E-state index contributed by atoms with van der Waals surface area (Å²) in [5.41, 5.74) is 4.33. The van der Waals surface area contributed by atoms with Gasteiger partial charge in [-0.2, -0.15) is 5.10 Å².